The lowest BCUT2D eigenvalue weighted by Gasteiger charge is -2.43. The van der Waals surface area contributed by atoms with Gasteiger partial charge in [0.2, 0.25) is 0 Å². The van der Waals surface area contributed by atoms with Crippen LogP contribution in [0.15, 0.2) is 30.3 Å². The van der Waals surface area contributed by atoms with E-state index in [1.54, 1.807) is 0 Å². The number of aliphatic hydroxyl groups excluding tert-OH is 1. The first-order valence-corrected chi connectivity index (χ1v) is 7.13. The summed E-state index contributed by atoms with van der Waals surface area (Å²) in [6.45, 7) is 4.29. The second-order valence-electron chi connectivity index (χ2n) is 5.25. The highest BCUT2D eigenvalue weighted by Crippen LogP contribution is 2.32. The van der Waals surface area contributed by atoms with Gasteiger partial charge in [-0.2, -0.15) is 0 Å². The number of hydrogen-bond acceptors (Lipinski definition) is 2. The standard InChI is InChI=1S/C17H23NO/c1-3-8-16-12-7-9-14(2)18(16)17(13-19)15-10-5-4-6-11-15/h4-6,10-11,14,16-17,19H,7,9,12-13H2,1-2H3/t14-,16+,17+/m1/s1. The van der Waals surface area contributed by atoms with Crippen LogP contribution in [0.1, 0.15) is 44.7 Å². The number of aliphatic hydroxyl groups is 1. The van der Waals surface area contributed by atoms with E-state index in [2.05, 4.69) is 35.8 Å². The first-order chi connectivity index (χ1) is 9.27. The van der Waals surface area contributed by atoms with E-state index in [4.69, 9.17) is 0 Å². The molecule has 102 valence electrons. The first kappa shape index (κ1) is 14.1. The zero-order valence-corrected chi connectivity index (χ0v) is 11.8. The number of piperidine rings is 1. The van der Waals surface area contributed by atoms with Crippen molar-refractivity contribution in [3.63, 3.8) is 0 Å². The molecule has 0 spiro atoms. The smallest absolute Gasteiger partial charge is 0.0722 e. The fraction of sp³-hybridized carbons (Fsp3) is 0.529. The molecule has 2 heteroatoms. The quantitative estimate of drug-likeness (QED) is 0.842. The Morgan fingerprint density at radius 2 is 2.05 bits per heavy atom. The summed E-state index contributed by atoms with van der Waals surface area (Å²) in [5, 5.41) is 9.85. The normalized spacial score (nSPS) is 25.4. The molecule has 0 radical (unpaired) electrons. The molecule has 0 unspecified atom stereocenters. The van der Waals surface area contributed by atoms with E-state index >= 15 is 0 Å². The van der Waals surface area contributed by atoms with Gasteiger partial charge < -0.3 is 5.11 Å². The number of benzene rings is 1. The summed E-state index contributed by atoms with van der Waals surface area (Å²) in [6.07, 6.45) is 3.52. The van der Waals surface area contributed by atoms with Crippen LogP contribution in [0.4, 0.5) is 0 Å². The molecule has 0 amide bonds. The van der Waals surface area contributed by atoms with Crippen LogP contribution < -0.4 is 0 Å². The molecule has 2 rings (SSSR count). The second kappa shape index (κ2) is 6.75. The Hall–Kier alpha value is -1.30. The third kappa shape index (κ3) is 3.18. The van der Waals surface area contributed by atoms with Gasteiger partial charge in [-0.05, 0) is 38.7 Å². The van der Waals surface area contributed by atoms with Crippen LogP contribution in [0, 0.1) is 11.8 Å². The zero-order valence-electron chi connectivity index (χ0n) is 11.8. The summed E-state index contributed by atoms with van der Waals surface area (Å²) in [6, 6.07) is 11.1. The molecule has 1 aromatic rings. The van der Waals surface area contributed by atoms with Gasteiger partial charge in [0.05, 0.1) is 18.7 Å². The van der Waals surface area contributed by atoms with Crippen LogP contribution in [-0.4, -0.2) is 28.7 Å². The highest BCUT2D eigenvalue weighted by Gasteiger charge is 2.32. The molecular weight excluding hydrogens is 234 g/mol. The lowest BCUT2D eigenvalue weighted by Crippen LogP contribution is -2.47. The predicted octanol–water partition coefficient (Wildman–Crippen LogP) is 2.99. The summed E-state index contributed by atoms with van der Waals surface area (Å²) in [4.78, 5) is 2.40. The fourth-order valence-electron chi connectivity index (χ4n) is 3.10. The summed E-state index contributed by atoms with van der Waals surface area (Å²) in [5.74, 6) is 6.36. The average molecular weight is 257 g/mol. The van der Waals surface area contributed by atoms with Crippen molar-refractivity contribution in [2.45, 2.75) is 51.2 Å². The van der Waals surface area contributed by atoms with Gasteiger partial charge in [0.1, 0.15) is 0 Å². The van der Waals surface area contributed by atoms with Crippen molar-refractivity contribution >= 4 is 0 Å². The molecule has 1 aromatic carbocycles. The Morgan fingerprint density at radius 3 is 2.68 bits per heavy atom. The number of rotatable bonds is 3. The molecule has 0 aliphatic carbocycles. The number of hydrogen-bond donors (Lipinski definition) is 1. The van der Waals surface area contributed by atoms with Gasteiger partial charge >= 0.3 is 0 Å². The molecule has 1 aliphatic rings. The Balaban J connectivity index is 2.29. The Labute approximate surface area is 116 Å². The van der Waals surface area contributed by atoms with Crippen molar-refractivity contribution in [1.29, 1.82) is 0 Å². The van der Waals surface area contributed by atoms with E-state index in [-0.39, 0.29) is 18.7 Å². The molecule has 0 saturated carbocycles. The molecule has 2 nitrogen and oxygen atoms in total. The minimum absolute atomic E-state index is 0.0577. The minimum Gasteiger partial charge on any atom is -0.394 e. The lowest BCUT2D eigenvalue weighted by atomic mass is 9.92. The number of likely N-dealkylation sites (tertiary alicyclic amines) is 1. The molecule has 1 fully saturated rings. The van der Waals surface area contributed by atoms with E-state index in [0.717, 1.165) is 6.42 Å². The maximum absolute atomic E-state index is 9.85. The highest BCUT2D eigenvalue weighted by atomic mass is 16.3. The summed E-state index contributed by atoms with van der Waals surface area (Å²) >= 11 is 0. The molecule has 3 atom stereocenters. The van der Waals surface area contributed by atoms with E-state index < -0.39 is 0 Å². The van der Waals surface area contributed by atoms with Gasteiger partial charge in [0.25, 0.3) is 0 Å². The van der Waals surface area contributed by atoms with Crippen LogP contribution >= 0.6 is 0 Å². The van der Waals surface area contributed by atoms with Gasteiger partial charge in [-0.3, -0.25) is 4.90 Å². The summed E-state index contributed by atoms with van der Waals surface area (Å²) < 4.78 is 0. The number of nitrogens with zero attached hydrogens (tertiary/aromatic N) is 1. The van der Waals surface area contributed by atoms with Crippen molar-refractivity contribution < 1.29 is 5.11 Å². The molecule has 19 heavy (non-hydrogen) atoms. The van der Waals surface area contributed by atoms with Crippen molar-refractivity contribution in [2.24, 2.45) is 0 Å². The van der Waals surface area contributed by atoms with Gasteiger partial charge in [-0.1, -0.05) is 36.3 Å². The predicted molar refractivity (Wildman–Crippen MR) is 78.7 cm³/mol. The van der Waals surface area contributed by atoms with Gasteiger partial charge in [0, 0.05) is 6.04 Å². The van der Waals surface area contributed by atoms with Gasteiger partial charge in [-0.15, -0.1) is 5.92 Å². The molecule has 1 heterocycles. The first-order valence-electron chi connectivity index (χ1n) is 7.13. The molecule has 1 N–H and O–H groups in total. The monoisotopic (exact) mass is 257 g/mol. The van der Waals surface area contributed by atoms with Crippen LogP contribution in [-0.2, 0) is 0 Å². The fourth-order valence-corrected chi connectivity index (χ4v) is 3.10. The van der Waals surface area contributed by atoms with Gasteiger partial charge in [-0.25, -0.2) is 0 Å². The highest BCUT2D eigenvalue weighted by molar-refractivity contribution is 5.21. The summed E-state index contributed by atoms with van der Waals surface area (Å²) in [5.41, 5.74) is 1.18. The van der Waals surface area contributed by atoms with Crippen molar-refractivity contribution in [3.05, 3.63) is 35.9 Å². The SMILES string of the molecule is CC#C[C@H]1CCC[C@@H](C)N1[C@@H](CO)c1ccccc1. The molecule has 1 saturated heterocycles. The van der Waals surface area contributed by atoms with Gasteiger partial charge in [0.15, 0.2) is 0 Å². The zero-order chi connectivity index (χ0) is 13.7. The average Bonchev–Trinajstić information content (AvgIpc) is 2.44. The third-order valence-corrected chi connectivity index (χ3v) is 4.00. The Morgan fingerprint density at radius 1 is 1.32 bits per heavy atom. The summed E-state index contributed by atoms with van der Waals surface area (Å²) in [7, 11) is 0. The van der Waals surface area contributed by atoms with E-state index in [0.29, 0.717) is 6.04 Å². The van der Waals surface area contributed by atoms with E-state index in [9.17, 15) is 5.11 Å². The van der Waals surface area contributed by atoms with Crippen molar-refractivity contribution in [3.8, 4) is 11.8 Å². The Bertz CT molecular complexity index is 445. The van der Waals surface area contributed by atoms with Crippen LogP contribution in [0.3, 0.4) is 0 Å². The van der Waals surface area contributed by atoms with E-state index in [1.165, 1.54) is 18.4 Å². The maximum atomic E-state index is 9.85. The molecular formula is C17H23NO. The largest absolute Gasteiger partial charge is 0.394 e. The minimum atomic E-state index is 0.0577. The maximum Gasteiger partial charge on any atom is 0.0722 e. The van der Waals surface area contributed by atoms with Crippen molar-refractivity contribution in [1.82, 2.24) is 4.90 Å². The van der Waals surface area contributed by atoms with Crippen LogP contribution in [0.2, 0.25) is 0 Å². The van der Waals surface area contributed by atoms with Crippen molar-refractivity contribution in [2.75, 3.05) is 6.61 Å². The van der Waals surface area contributed by atoms with Crippen LogP contribution in [0.5, 0.6) is 0 Å². The van der Waals surface area contributed by atoms with Crippen LogP contribution in [0.25, 0.3) is 0 Å². The Kier molecular flexibility index (Phi) is 5.01. The second-order valence-corrected chi connectivity index (χ2v) is 5.25. The molecule has 0 bridgehead atoms. The van der Waals surface area contributed by atoms with E-state index in [1.807, 2.05) is 25.1 Å². The molecule has 0 aromatic heterocycles. The molecule has 1 aliphatic heterocycles. The lowest BCUT2D eigenvalue weighted by molar-refractivity contribution is 0.0394. The topological polar surface area (TPSA) is 23.5 Å². The third-order valence-electron chi connectivity index (χ3n) is 4.00.